The Labute approximate surface area is 107 Å². The van der Waals surface area contributed by atoms with Gasteiger partial charge in [-0.3, -0.25) is 0 Å². The van der Waals surface area contributed by atoms with E-state index in [9.17, 15) is 4.79 Å². The molecule has 0 atom stereocenters. The number of carbonyl (C=O) groups excluding carboxylic acids is 1. The van der Waals surface area contributed by atoms with Crippen LogP contribution in [0.25, 0.3) is 0 Å². The summed E-state index contributed by atoms with van der Waals surface area (Å²) >= 11 is 3.30. The topological polar surface area (TPSA) is 65.2 Å². The molecule has 0 unspecified atom stereocenters. The number of halogens is 1. The quantitative estimate of drug-likeness (QED) is 0.683. The number of ether oxygens (including phenoxy) is 1. The predicted molar refractivity (Wildman–Crippen MR) is 67.7 cm³/mol. The molecule has 2 aromatic rings. The van der Waals surface area contributed by atoms with Crippen molar-refractivity contribution in [1.29, 1.82) is 0 Å². The maximum Gasteiger partial charge on any atom is 0.345 e. The molecule has 5 heteroatoms. The van der Waals surface area contributed by atoms with Gasteiger partial charge in [0.05, 0.1) is 5.56 Å². The largest absolute Gasteiger partial charge is 0.423 e. The summed E-state index contributed by atoms with van der Waals surface area (Å²) in [7, 11) is 0. The first-order valence-corrected chi connectivity index (χ1v) is 5.64. The minimum absolute atomic E-state index is 0.360. The zero-order chi connectivity index (χ0) is 12.3. The summed E-state index contributed by atoms with van der Waals surface area (Å²) in [5.41, 5.74) is 5.79. The third-order valence-corrected chi connectivity index (χ3v) is 2.52. The van der Waals surface area contributed by atoms with E-state index in [4.69, 9.17) is 10.5 Å². The molecule has 0 aliphatic heterocycles. The lowest BCUT2D eigenvalue weighted by Gasteiger charge is -2.04. The molecule has 2 rings (SSSR count). The van der Waals surface area contributed by atoms with Crippen LogP contribution in [0.4, 0.5) is 5.82 Å². The van der Waals surface area contributed by atoms with E-state index in [1.807, 2.05) is 6.07 Å². The summed E-state index contributed by atoms with van der Waals surface area (Å²) < 4.78 is 6.02. The lowest BCUT2D eigenvalue weighted by molar-refractivity contribution is 0.0734. The molecule has 0 amide bonds. The Hall–Kier alpha value is -1.88. The van der Waals surface area contributed by atoms with Crippen LogP contribution in [0.3, 0.4) is 0 Å². The van der Waals surface area contributed by atoms with Crippen LogP contribution in [0.5, 0.6) is 5.75 Å². The molecule has 4 nitrogen and oxygen atoms in total. The number of carbonyl (C=O) groups is 1. The van der Waals surface area contributed by atoms with E-state index in [0.29, 0.717) is 17.1 Å². The fourth-order valence-electron chi connectivity index (χ4n) is 1.22. The van der Waals surface area contributed by atoms with E-state index >= 15 is 0 Å². The van der Waals surface area contributed by atoms with Gasteiger partial charge in [-0.2, -0.15) is 0 Å². The van der Waals surface area contributed by atoms with Crippen molar-refractivity contribution in [3.63, 3.8) is 0 Å². The van der Waals surface area contributed by atoms with Gasteiger partial charge in [0.1, 0.15) is 11.6 Å². The van der Waals surface area contributed by atoms with E-state index in [0.717, 1.165) is 4.47 Å². The van der Waals surface area contributed by atoms with Gasteiger partial charge >= 0.3 is 5.97 Å². The van der Waals surface area contributed by atoms with E-state index in [1.54, 1.807) is 30.3 Å². The normalized spacial score (nSPS) is 9.94. The number of nitrogens with zero attached hydrogens (tertiary/aromatic N) is 1. The summed E-state index contributed by atoms with van der Waals surface area (Å²) in [5, 5.41) is 0. The Morgan fingerprint density at radius 1 is 1.29 bits per heavy atom. The number of nitrogen functional groups attached to an aromatic ring is 1. The number of hydrogen-bond acceptors (Lipinski definition) is 4. The fraction of sp³-hybridized carbons (Fsp3) is 0. The first-order valence-electron chi connectivity index (χ1n) is 4.84. The molecule has 0 aliphatic carbocycles. The zero-order valence-corrected chi connectivity index (χ0v) is 10.3. The number of nitrogens with two attached hydrogens (primary N) is 1. The van der Waals surface area contributed by atoms with Crippen molar-refractivity contribution in [2.45, 2.75) is 0 Å². The van der Waals surface area contributed by atoms with Gasteiger partial charge in [-0.25, -0.2) is 9.78 Å². The number of hydrogen-bond donors (Lipinski definition) is 1. The monoisotopic (exact) mass is 292 g/mol. The predicted octanol–water partition coefficient (Wildman–Crippen LogP) is 2.65. The van der Waals surface area contributed by atoms with Crippen LogP contribution in [0, 0.1) is 0 Å². The average Bonchev–Trinajstić information content (AvgIpc) is 2.29. The van der Waals surface area contributed by atoms with Crippen molar-refractivity contribution >= 4 is 27.7 Å². The van der Waals surface area contributed by atoms with Gasteiger partial charge in [0, 0.05) is 10.7 Å². The highest BCUT2D eigenvalue weighted by Crippen LogP contribution is 2.18. The molecule has 0 spiro atoms. The molecule has 1 heterocycles. The highest BCUT2D eigenvalue weighted by atomic mass is 79.9. The lowest BCUT2D eigenvalue weighted by Crippen LogP contribution is -2.09. The molecule has 17 heavy (non-hydrogen) atoms. The van der Waals surface area contributed by atoms with Gasteiger partial charge in [-0.15, -0.1) is 0 Å². The first kappa shape index (κ1) is 11.6. The first-order chi connectivity index (χ1) is 8.15. The molecule has 0 saturated carbocycles. The molecule has 0 saturated heterocycles. The Bertz CT molecular complexity index is 540. The van der Waals surface area contributed by atoms with E-state index in [-0.39, 0.29) is 0 Å². The zero-order valence-electron chi connectivity index (χ0n) is 8.76. The molecule has 1 aromatic carbocycles. The Balaban J connectivity index is 2.14. The lowest BCUT2D eigenvalue weighted by atomic mass is 10.3. The van der Waals surface area contributed by atoms with Crippen molar-refractivity contribution in [2.75, 3.05) is 5.73 Å². The molecule has 0 radical (unpaired) electrons. The van der Waals surface area contributed by atoms with Gasteiger partial charge in [-0.1, -0.05) is 22.0 Å². The maximum absolute atomic E-state index is 11.7. The molecule has 0 bridgehead atoms. The van der Waals surface area contributed by atoms with Crippen LogP contribution < -0.4 is 10.5 Å². The minimum atomic E-state index is -0.462. The summed E-state index contributed by atoms with van der Waals surface area (Å²) in [6.45, 7) is 0. The van der Waals surface area contributed by atoms with Crippen molar-refractivity contribution < 1.29 is 9.53 Å². The summed E-state index contributed by atoms with van der Waals surface area (Å²) in [6, 6.07) is 10.2. The van der Waals surface area contributed by atoms with Crippen molar-refractivity contribution in [3.05, 3.63) is 52.6 Å². The highest BCUT2D eigenvalue weighted by Gasteiger charge is 2.08. The fourth-order valence-corrected chi connectivity index (χ4v) is 1.60. The van der Waals surface area contributed by atoms with Crippen LogP contribution in [0.15, 0.2) is 47.1 Å². The molecule has 86 valence electrons. The summed E-state index contributed by atoms with van der Waals surface area (Å²) in [6.07, 6.45) is 1.38. The Kier molecular flexibility index (Phi) is 3.39. The van der Waals surface area contributed by atoms with Crippen LogP contribution in [-0.4, -0.2) is 11.0 Å². The molecule has 1 aromatic heterocycles. The van der Waals surface area contributed by atoms with Gasteiger partial charge < -0.3 is 10.5 Å². The van der Waals surface area contributed by atoms with Gasteiger partial charge in [0.15, 0.2) is 0 Å². The van der Waals surface area contributed by atoms with Gasteiger partial charge in [-0.05, 0) is 30.3 Å². The average molecular weight is 293 g/mol. The Morgan fingerprint density at radius 3 is 2.76 bits per heavy atom. The molecular formula is C12H9BrN2O2. The van der Waals surface area contributed by atoms with E-state index in [1.165, 1.54) is 6.20 Å². The van der Waals surface area contributed by atoms with Crippen molar-refractivity contribution in [3.8, 4) is 5.75 Å². The van der Waals surface area contributed by atoms with Crippen LogP contribution in [-0.2, 0) is 0 Å². The molecule has 0 aliphatic rings. The maximum atomic E-state index is 11.7. The SMILES string of the molecule is Nc1ccc(C(=O)Oc2cccc(Br)c2)cn1. The van der Waals surface area contributed by atoms with Gasteiger partial charge in [0.25, 0.3) is 0 Å². The number of anilines is 1. The third-order valence-electron chi connectivity index (χ3n) is 2.03. The summed E-state index contributed by atoms with van der Waals surface area (Å²) in [5.74, 6) is 0.376. The molecule has 0 fully saturated rings. The minimum Gasteiger partial charge on any atom is -0.423 e. The van der Waals surface area contributed by atoms with Crippen molar-refractivity contribution in [2.24, 2.45) is 0 Å². The summed E-state index contributed by atoms with van der Waals surface area (Å²) in [4.78, 5) is 15.5. The van der Waals surface area contributed by atoms with Crippen LogP contribution in [0.2, 0.25) is 0 Å². The number of aromatic nitrogens is 1. The van der Waals surface area contributed by atoms with Crippen LogP contribution >= 0.6 is 15.9 Å². The molecular weight excluding hydrogens is 284 g/mol. The number of rotatable bonds is 2. The highest BCUT2D eigenvalue weighted by molar-refractivity contribution is 9.10. The third kappa shape index (κ3) is 3.04. The van der Waals surface area contributed by atoms with Crippen LogP contribution in [0.1, 0.15) is 10.4 Å². The van der Waals surface area contributed by atoms with E-state index in [2.05, 4.69) is 20.9 Å². The number of benzene rings is 1. The second-order valence-electron chi connectivity index (χ2n) is 3.32. The van der Waals surface area contributed by atoms with Crippen molar-refractivity contribution in [1.82, 2.24) is 4.98 Å². The second kappa shape index (κ2) is 4.97. The molecule has 2 N–H and O–H groups in total. The van der Waals surface area contributed by atoms with Gasteiger partial charge in [0.2, 0.25) is 0 Å². The second-order valence-corrected chi connectivity index (χ2v) is 4.23. The number of pyridine rings is 1. The van der Waals surface area contributed by atoms with E-state index < -0.39 is 5.97 Å². The smallest absolute Gasteiger partial charge is 0.345 e. The number of esters is 1. The standard InChI is InChI=1S/C12H9BrN2O2/c13-9-2-1-3-10(6-9)17-12(16)8-4-5-11(14)15-7-8/h1-7H,(H2,14,15). The Morgan fingerprint density at radius 2 is 2.12 bits per heavy atom.